The van der Waals surface area contributed by atoms with Crippen LogP contribution in [0.3, 0.4) is 0 Å². The van der Waals surface area contributed by atoms with Gasteiger partial charge in [0.25, 0.3) is 0 Å². The monoisotopic (exact) mass is 287 g/mol. The highest BCUT2D eigenvalue weighted by molar-refractivity contribution is 5.63. The lowest BCUT2D eigenvalue weighted by atomic mass is 9.99. The Morgan fingerprint density at radius 1 is 0.818 bits per heavy atom. The molecule has 1 heterocycles. The highest BCUT2D eigenvalue weighted by Crippen LogP contribution is 2.33. The van der Waals surface area contributed by atoms with Crippen molar-refractivity contribution < 1.29 is 9.47 Å². The number of benzene rings is 3. The fourth-order valence-electron chi connectivity index (χ4n) is 2.68. The third-order valence-electron chi connectivity index (χ3n) is 3.77. The molecule has 0 spiro atoms. The van der Waals surface area contributed by atoms with Crippen LogP contribution in [0.5, 0.6) is 11.5 Å². The van der Waals surface area contributed by atoms with Gasteiger partial charge in [0, 0.05) is 0 Å². The van der Waals surface area contributed by atoms with Crippen molar-refractivity contribution in [2.24, 2.45) is 0 Å². The Hall–Kier alpha value is -2.74. The van der Waals surface area contributed by atoms with E-state index in [1.54, 1.807) is 0 Å². The van der Waals surface area contributed by atoms with Gasteiger partial charge >= 0.3 is 0 Å². The van der Waals surface area contributed by atoms with Crippen LogP contribution in [0.1, 0.15) is 11.1 Å². The van der Waals surface area contributed by atoms with E-state index in [2.05, 4.69) is 42.5 Å². The minimum atomic E-state index is 0.314. The average molecular weight is 287 g/mol. The first kappa shape index (κ1) is 13.0. The molecule has 0 aliphatic carbocycles. The zero-order chi connectivity index (χ0) is 14.8. The van der Waals surface area contributed by atoms with Gasteiger partial charge in [-0.3, -0.25) is 0 Å². The smallest absolute Gasteiger partial charge is 0.231 e. The summed E-state index contributed by atoms with van der Waals surface area (Å²) in [5.74, 6) is 1.66. The number of fused-ring (bicyclic) bond motifs is 1. The molecule has 107 valence electrons. The van der Waals surface area contributed by atoms with Crippen molar-refractivity contribution in [3.8, 4) is 22.6 Å². The summed E-state index contributed by atoms with van der Waals surface area (Å²) in [6.07, 6.45) is 0.831. The molecule has 2 nitrogen and oxygen atoms in total. The first-order valence-corrected chi connectivity index (χ1v) is 7.34. The van der Waals surface area contributed by atoms with Crippen LogP contribution in [-0.4, -0.2) is 6.79 Å². The minimum Gasteiger partial charge on any atom is -0.454 e. The Morgan fingerprint density at radius 3 is 2.59 bits per heavy atom. The summed E-state index contributed by atoms with van der Waals surface area (Å²) >= 11 is 0. The zero-order valence-corrected chi connectivity index (χ0v) is 12.1. The summed E-state index contributed by atoms with van der Waals surface area (Å²) in [7, 11) is 0. The zero-order valence-electron chi connectivity index (χ0n) is 12.1. The molecule has 0 atom stereocenters. The molecule has 4 rings (SSSR count). The van der Waals surface area contributed by atoms with E-state index in [0.29, 0.717) is 6.79 Å². The molecule has 1 radical (unpaired) electrons. The van der Waals surface area contributed by atoms with Gasteiger partial charge < -0.3 is 9.47 Å². The van der Waals surface area contributed by atoms with Crippen LogP contribution < -0.4 is 9.47 Å². The van der Waals surface area contributed by atoms with Gasteiger partial charge in [0.2, 0.25) is 6.79 Å². The van der Waals surface area contributed by atoms with Crippen LogP contribution in [-0.2, 0) is 6.42 Å². The van der Waals surface area contributed by atoms with Crippen molar-refractivity contribution >= 4 is 0 Å². The quantitative estimate of drug-likeness (QED) is 0.707. The number of ether oxygens (including phenoxy) is 2. The first-order valence-electron chi connectivity index (χ1n) is 7.34. The van der Waals surface area contributed by atoms with E-state index in [1.807, 2.05) is 30.3 Å². The van der Waals surface area contributed by atoms with Gasteiger partial charge in [-0.15, -0.1) is 0 Å². The number of hydrogen-bond acceptors (Lipinski definition) is 2. The Bertz CT molecular complexity index is 794. The molecular weight excluding hydrogens is 272 g/mol. The molecule has 2 heteroatoms. The summed E-state index contributed by atoms with van der Waals surface area (Å²) < 4.78 is 10.8. The predicted octanol–water partition coefficient (Wildman–Crippen LogP) is 4.47. The maximum Gasteiger partial charge on any atom is 0.231 e. The van der Waals surface area contributed by atoms with Crippen molar-refractivity contribution in [3.63, 3.8) is 0 Å². The Kier molecular flexibility index (Phi) is 3.28. The van der Waals surface area contributed by atoms with Crippen LogP contribution in [0.2, 0.25) is 0 Å². The Balaban J connectivity index is 1.61. The lowest BCUT2D eigenvalue weighted by Gasteiger charge is -2.06. The van der Waals surface area contributed by atoms with Crippen molar-refractivity contribution in [2.45, 2.75) is 6.42 Å². The van der Waals surface area contributed by atoms with E-state index >= 15 is 0 Å². The van der Waals surface area contributed by atoms with E-state index in [-0.39, 0.29) is 0 Å². The normalized spacial score (nSPS) is 12.4. The molecule has 0 fully saturated rings. The molecule has 0 bridgehead atoms. The fourth-order valence-corrected chi connectivity index (χ4v) is 2.68. The van der Waals surface area contributed by atoms with Gasteiger partial charge in [-0.05, 0) is 46.9 Å². The SMILES string of the molecule is [c]1c(Cc2ccc3c(c2)OCO3)cccc1-c1ccccc1. The van der Waals surface area contributed by atoms with Crippen LogP contribution in [0.15, 0.2) is 66.7 Å². The van der Waals surface area contributed by atoms with Crippen molar-refractivity contribution in [3.05, 3.63) is 83.9 Å². The van der Waals surface area contributed by atoms with Crippen LogP contribution in [0, 0.1) is 6.07 Å². The fraction of sp³-hybridized carbons (Fsp3) is 0.100. The topological polar surface area (TPSA) is 18.5 Å². The summed E-state index contributed by atoms with van der Waals surface area (Å²) in [5.41, 5.74) is 4.68. The first-order chi connectivity index (χ1) is 10.9. The van der Waals surface area contributed by atoms with E-state index in [1.165, 1.54) is 16.7 Å². The molecule has 3 aromatic rings. The third-order valence-corrected chi connectivity index (χ3v) is 3.77. The number of rotatable bonds is 3. The van der Waals surface area contributed by atoms with Gasteiger partial charge in [-0.25, -0.2) is 0 Å². The second-order valence-electron chi connectivity index (χ2n) is 5.32. The van der Waals surface area contributed by atoms with Gasteiger partial charge in [-0.2, -0.15) is 0 Å². The molecule has 3 aromatic carbocycles. The average Bonchev–Trinajstić information content (AvgIpc) is 3.04. The van der Waals surface area contributed by atoms with Crippen molar-refractivity contribution in [1.82, 2.24) is 0 Å². The molecule has 1 aliphatic rings. The van der Waals surface area contributed by atoms with Gasteiger partial charge in [-0.1, -0.05) is 54.6 Å². The lowest BCUT2D eigenvalue weighted by Crippen LogP contribution is -1.93. The summed E-state index contributed by atoms with van der Waals surface area (Å²) in [4.78, 5) is 0. The molecule has 0 amide bonds. The van der Waals surface area contributed by atoms with Crippen LogP contribution in [0.25, 0.3) is 11.1 Å². The second kappa shape index (κ2) is 5.57. The number of hydrogen-bond donors (Lipinski definition) is 0. The van der Waals surface area contributed by atoms with E-state index < -0.39 is 0 Å². The van der Waals surface area contributed by atoms with Gasteiger partial charge in [0.1, 0.15) is 0 Å². The molecule has 0 saturated carbocycles. The van der Waals surface area contributed by atoms with E-state index in [9.17, 15) is 0 Å². The van der Waals surface area contributed by atoms with Crippen LogP contribution in [0.4, 0.5) is 0 Å². The van der Waals surface area contributed by atoms with Crippen LogP contribution >= 0.6 is 0 Å². The van der Waals surface area contributed by atoms with E-state index in [4.69, 9.17) is 9.47 Å². The largest absolute Gasteiger partial charge is 0.454 e. The van der Waals surface area contributed by atoms with Crippen molar-refractivity contribution in [2.75, 3.05) is 6.79 Å². The molecular formula is C20H15O2. The van der Waals surface area contributed by atoms with Gasteiger partial charge in [0.05, 0.1) is 0 Å². The molecule has 0 unspecified atom stereocenters. The summed E-state index contributed by atoms with van der Waals surface area (Å²) in [6, 6.07) is 26.2. The highest BCUT2D eigenvalue weighted by atomic mass is 16.7. The van der Waals surface area contributed by atoms with E-state index in [0.717, 1.165) is 23.5 Å². The summed E-state index contributed by atoms with van der Waals surface area (Å²) in [5, 5.41) is 0. The molecule has 0 N–H and O–H groups in total. The summed E-state index contributed by atoms with van der Waals surface area (Å²) in [6.45, 7) is 0.314. The Labute approximate surface area is 129 Å². The molecule has 0 aromatic heterocycles. The Morgan fingerprint density at radius 2 is 1.68 bits per heavy atom. The molecule has 1 aliphatic heterocycles. The molecule has 22 heavy (non-hydrogen) atoms. The lowest BCUT2D eigenvalue weighted by molar-refractivity contribution is 0.174. The highest BCUT2D eigenvalue weighted by Gasteiger charge is 2.13. The standard InChI is InChI=1S/C20H15O2/c1-2-6-17(7-3-1)18-8-4-5-15(12-18)11-16-9-10-19-20(13-16)22-14-21-19/h1-10,13H,11,14H2. The minimum absolute atomic E-state index is 0.314. The van der Waals surface area contributed by atoms with Crippen molar-refractivity contribution in [1.29, 1.82) is 0 Å². The maximum atomic E-state index is 5.44. The maximum absolute atomic E-state index is 5.44. The second-order valence-corrected chi connectivity index (χ2v) is 5.32. The molecule has 0 saturated heterocycles. The van der Waals surface area contributed by atoms with Gasteiger partial charge in [0.15, 0.2) is 11.5 Å². The predicted molar refractivity (Wildman–Crippen MR) is 86.1 cm³/mol. The third kappa shape index (κ3) is 2.56.